The zero-order chi connectivity index (χ0) is 28.2. The highest BCUT2D eigenvalue weighted by molar-refractivity contribution is 6.30. The van der Waals surface area contributed by atoms with E-state index in [0.29, 0.717) is 34.1 Å². The van der Waals surface area contributed by atoms with Gasteiger partial charge in [-0.25, -0.2) is 4.39 Å². The Morgan fingerprint density at radius 3 is 2.45 bits per heavy atom. The van der Waals surface area contributed by atoms with Crippen molar-refractivity contribution in [1.29, 1.82) is 0 Å². The molecule has 1 aliphatic heterocycles. The molecule has 3 heterocycles. The van der Waals surface area contributed by atoms with E-state index in [2.05, 4.69) is 10.1 Å². The molecule has 0 bridgehead atoms. The highest BCUT2D eigenvalue weighted by Crippen LogP contribution is 2.50. The first kappa shape index (κ1) is 26.6. The van der Waals surface area contributed by atoms with Crippen LogP contribution in [0.15, 0.2) is 67.1 Å². The first-order valence-electron chi connectivity index (χ1n) is 12.6. The zero-order valence-corrected chi connectivity index (χ0v) is 22.7. The number of ketones is 1. The molecular weight excluding hydrogens is 558 g/mol. The van der Waals surface area contributed by atoms with E-state index in [0.717, 1.165) is 6.07 Å². The van der Waals surface area contributed by atoms with Crippen LogP contribution in [-0.2, 0) is 24.1 Å². The number of carbonyl (C=O) groups excluding carboxylic acids is 2. The second-order valence-corrected chi connectivity index (χ2v) is 10.9. The fourth-order valence-electron chi connectivity index (χ4n) is 5.27. The third kappa shape index (κ3) is 4.49. The predicted molar refractivity (Wildman–Crippen MR) is 145 cm³/mol. The average molecular weight is 581 g/mol. The van der Waals surface area contributed by atoms with Crippen LogP contribution in [0.3, 0.4) is 0 Å². The molecule has 2 aliphatic rings. The maximum atomic E-state index is 16.3. The zero-order valence-electron chi connectivity index (χ0n) is 21.2. The van der Waals surface area contributed by atoms with Gasteiger partial charge in [0, 0.05) is 35.6 Å². The van der Waals surface area contributed by atoms with Gasteiger partial charge < -0.3 is 9.84 Å². The van der Waals surface area contributed by atoms with E-state index < -0.39 is 35.4 Å². The van der Waals surface area contributed by atoms with Crippen molar-refractivity contribution in [2.75, 3.05) is 0 Å². The van der Waals surface area contributed by atoms with Crippen LogP contribution in [0, 0.1) is 5.82 Å². The molecule has 1 fully saturated rings. The lowest BCUT2D eigenvalue weighted by Gasteiger charge is -2.45. The SMILES string of the molecule is Cn1cc(C(=O)c2cc(F)c3c(c2)C(=O)N(Cc2ccc(Cl)cn2)C3(OC2CC(O)C2)c2ccc(Cl)cc2)cn1. The number of amides is 1. The lowest BCUT2D eigenvalue weighted by atomic mass is 9.87. The summed E-state index contributed by atoms with van der Waals surface area (Å²) in [6, 6.07) is 12.5. The third-order valence-electron chi connectivity index (χ3n) is 7.27. The Balaban J connectivity index is 1.55. The maximum Gasteiger partial charge on any atom is 0.257 e. The maximum absolute atomic E-state index is 16.3. The molecule has 2 aromatic carbocycles. The summed E-state index contributed by atoms with van der Waals surface area (Å²) in [7, 11) is 1.67. The van der Waals surface area contributed by atoms with E-state index in [4.69, 9.17) is 27.9 Å². The predicted octanol–water partition coefficient (Wildman–Crippen LogP) is 4.89. The monoisotopic (exact) mass is 580 g/mol. The molecule has 1 atom stereocenters. The smallest absolute Gasteiger partial charge is 0.257 e. The van der Waals surface area contributed by atoms with Crippen molar-refractivity contribution >= 4 is 34.9 Å². The fraction of sp³-hybridized carbons (Fsp3) is 0.241. The van der Waals surface area contributed by atoms with Gasteiger partial charge in [-0.05, 0) is 49.2 Å². The summed E-state index contributed by atoms with van der Waals surface area (Å²) in [5.74, 6) is -1.79. The number of rotatable bonds is 7. The molecule has 40 heavy (non-hydrogen) atoms. The number of nitrogens with zero attached hydrogens (tertiary/aromatic N) is 4. The molecule has 8 nitrogen and oxygen atoms in total. The number of aryl methyl sites for hydroxylation is 1. The molecule has 1 amide bonds. The van der Waals surface area contributed by atoms with E-state index in [1.165, 1.54) is 34.2 Å². The van der Waals surface area contributed by atoms with Crippen LogP contribution in [0.25, 0.3) is 0 Å². The number of benzene rings is 2. The van der Waals surface area contributed by atoms with Gasteiger partial charge in [-0.15, -0.1) is 0 Å². The number of aromatic nitrogens is 3. The van der Waals surface area contributed by atoms with Crippen LogP contribution in [0.5, 0.6) is 0 Å². The minimum absolute atomic E-state index is 0.00368. The van der Waals surface area contributed by atoms with Gasteiger partial charge in [0.05, 0.1) is 52.4 Å². The van der Waals surface area contributed by atoms with Crippen molar-refractivity contribution in [3.8, 4) is 0 Å². The number of fused-ring (bicyclic) bond motifs is 1. The molecule has 4 aromatic rings. The first-order valence-corrected chi connectivity index (χ1v) is 13.3. The van der Waals surface area contributed by atoms with Crippen molar-refractivity contribution < 1.29 is 23.8 Å². The van der Waals surface area contributed by atoms with Crippen molar-refractivity contribution in [2.45, 2.75) is 37.3 Å². The van der Waals surface area contributed by atoms with E-state index in [1.807, 2.05) is 0 Å². The van der Waals surface area contributed by atoms with E-state index in [9.17, 15) is 14.7 Å². The van der Waals surface area contributed by atoms with E-state index in [-0.39, 0.29) is 28.8 Å². The Labute approximate surface area is 238 Å². The second kappa shape index (κ2) is 10.1. The summed E-state index contributed by atoms with van der Waals surface area (Å²) < 4.78 is 24.4. The van der Waals surface area contributed by atoms with Gasteiger partial charge in [0.2, 0.25) is 5.72 Å². The number of aliphatic hydroxyl groups is 1. The summed E-state index contributed by atoms with van der Waals surface area (Å²) in [6.45, 7) is -0.0477. The molecule has 1 aliphatic carbocycles. The number of pyridine rings is 1. The van der Waals surface area contributed by atoms with Gasteiger partial charge in [0.25, 0.3) is 5.91 Å². The molecular formula is C29H23Cl2FN4O4. The Morgan fingerprint density at radius 2 is 1.82 bits per heavy atom. The number of halogens is 3. The molecule has 0 spiro atoms. The first-order chi connectivity index (χ1) is 19.2. The van der Waals surface area contributed by atoms with Crippen molar-refractivity contribution in [3.63, 3.8) is 0 Å². The van der Waals surface area contributed by atoms with E-state index >= 15 is 4.39 Å². The van der Waals surface area contributed by atoms with Crippen LogP contribution >= 0.6 is 23.2 Å². The molecule has 204 valence electrons. The molecule has 2 aromatic heterocycles. The Kier molecular flexibility index (Phi) is 6.70. The summed E-state index contributed by atoms with van der Waals surface area (Å²) in [5.41, 5.74) is -0.513. The topological polar surface area (TPSA) is 97.6 Å². The van der Waals surface area contributed by atoms with Gasteiger partial charge in [0.1, 0.15) is 5.82 Å². The Hall–Kier alpha value is -3.63. The van der Waals surface area contributed by atoms with Gasteiger partial charge in [0.15, 0.2) is 5.78 Å². The number of ether oxygens (including phenoxy) is 1. The van der Waals surface area contributed by atoms with Crippen LogP contribution in [0.2, 0.25) is 10.0 Å². The van der Waals surface area contributed by atoms with Crippen molar-refractivity contribution in [1.82, 2.24) is 19.7 Å². The van der Waals surface area contributed by atoms with Crippen molar-refractivity contribution in [2.24, 2.45) is 7.05 Å². The highest BCUT2D eigenvalue weighted by atomic mass is 35.5. The molecule has 0 saturated heterocycles. The highest BCUT2D eigenvalue weighted by Gasteiger charge is 2.56. The third-order valence-corrected chi connectivity index (χ3v) is 7.74. The lowest BCUT2D eigenvalue weighted by molar-refractivity contribution is -0.191. The summed E-state index contributed by atoms with van der Waals surface area (Å²) >= 11 is 12.2. The quantitative estimate of drug-likeness (QED) is 0.313. The number of hydrogen-bond donors (Lipinski definition) is 1. The summed E-state index contributed by atoms with van der Waals surface area (Å²) in [5, 5.41) is 14.9. The Morgan fingerprint density at radius 1 is 1.10 bits per heavy atom. The van der Waals surface area contributed by atoms with Crippen LogP contribution in [0.4, 0.5) is 4.39 Å². The second-order valence-electron chi connectivity index (χ2n) is 9.99. The number of aliphatic hydroxyl groups excluding tert-OH is 1. The largest absolute Gasteiger partial charge is 0.393 e. The minimum atomic E-state index is -1.72. The lowest BCUT2D eigenvalue weighted by Crippen LogP contribution is -2.51. The van der Waals surface area contributed by atoms with E-state index in [1.54, 1.807) is 43.4 Å². The molecule has 0 radical (unpaired) electrons. The van der Waals surface area contributed by atoms with Crippen LogP contribution in [-0.4, -0.2) is 48.7 Å². The minimum Gasteiger partial charge on any atom is -0.393 e. The number of carbonyl (C=O) groups is 2. The molecule has 1 N–H and O–H groups in total. The fourth-order valence-corrected chi connectivity index (χ4v) is 5.50. The molecule has 11 heteroatoms. The molecule has 1 unspecified atom stereocenters. The van der Waals surface area contributed by atoms with Gasteiger partial charge >= 0.3 is 0 Å². The number of hydrogen-bond acceptors (Lipinski definition) is 6. The molecule has 1 saturated carbocycles. The summed E-state index contributed by atoms with van der Waals surface area (Å²) in [4.78, 5) is 33.1. The Bertz CT molecular complexity index is 1620. The van der Waals surface area contributed by atoms with Crippen molar-refractivity contribution in [3.05, 3.63) is 116 Å². The van der Waals surface area contributed by atoms with Gasteiger partial charge in [-0.1, -0.05) is 35.3 Å². The van der Waals surface area contributed by atoms with Gasteiger partial charge in [-0.2, -0.15) is 5.10 Å². The standard InChI is InChI=1S/C29H23Cl2FN4O4/c1-35-14-17(12-34-35)27(38)16-8-24-26(25(32)9-16)29(40-23-10-22(37)11-23,18-2-4-19(30)5-3-18)36(28(24)39)15-21-7-6-20(31)13-33-21/h2-9,12-14,22-23,37H,10-11,15H2,1H3. The molecule has 6 rings (SSSR count). The van der Waals surface area contributed by atoms with Crippen LogP contribution in [0.1, 0.15) is 55.9 Å². The normalized spacial score (nSPS) is 21.8. The summed E-state index contributed by atoms with van der Waals surface area (Å²) in [6.07, 6.45) is 4.01. The average Bonchev–Trinajstić information content (AvgIpc) is 3.45. The van der Waals surface area contributed by atoms with Crippen LogP contribution < -0.4 is 0 Å². The van der Waals surface area contributed by atoms with Gasteiger partial charge in [-0.3, -0.25) is 24.2 Å².